The van der Waals surface area contributed by atoms with E-state index < -0.39 is 0 Å². The van der Waals surface area contributed by atoms with E-state index in [-0.39, 0.29) is 0 Å². The predicted molar refractivity (Wildman–Crippen MR) is 59.9 cm³/mol. The van der Waals surface area contributed by atoms with Crippen LogP contribution in [0.1, 0.15) is 0 Å². The van der Waals surface area contributed by atoms with E-state index in [1.54, 1.807) is 33.5 Å². The van der Waals surface area contributed by atoms with Crippen LogP contribution in [0.15, 0.2) is 18.5 Å². The number of rotatable bonds is 4. The Morgan fingerprint density at radius 3 is 2.12 bits per heavy atom. The second kappa shape index (κ2) is 4.73. The Morgan fingerprint density at radius 1 is 1.06 bits per heavy atom. The Bertz CT molecular complexity index is 472. The Hall–Kier alpha value is -2.24. The molecule has 0 N–H and O–H groups in total. The van der Waals surface area contributed by atoms with Gasteiger partial charge in [0, 0.05) is 12.1 Å². The van der Waals surface area contributed by atoms with Crippen molar-refractivity contribution in [3.8, 4) is 22.9 Å². The number of aromatic nitrogens is 3. The highest BCUT2D eigenvalue weighted by Gasteiger charge is 2.14. The van der Waals surface area contributed by atoms with Crippen molar-refractivity contribution >= 4 is 0 Å². The van der Waals surface area contributed by atoms with Gasteiger partial charge in [-0.1, -0.05) is 0 Å². The molecule has 1 heterocycles. The van der Waals surface area contributed by atoms with Gasteiger partial charge in [0.15, 0.2) is 11.5 Å². The molecular formula is C11H12N3O3. The van der Waals surface area contributed by atoms with E-state index in [9.17, 15) is 0 Å². The van der Waals surface area contributed by atoms with Crippen molar-refractivity contribution in [1.82, 2.24) is 14.8 Å². The first-order chi connectivity index (χ1) is 8.30. The topological polar surface area (TPSA) is 58.4 Å². The van der Waals surface area contributed by atoms with Gasteiger partial charge in [-0.15, -0.1) is 0 Å². The second-order valence-corrected chi connectivity index (χ2v) is 3.16. The molecule has 0 saturated heterocycles. The third-order valence-electron chi connectivity index (χ3n) is 2.27. The van der Waals surface area contributed by atoms with Gasteiger partial charge in [-0.05, 0) is 0 Å². The van der Waals surface area contributed by atoms with E-state index in [1.165, 1.54) is 11.0 Å². The second-order valence-electron chi connectivity index (χ2n) is 3.16. The highest BCUT2D eigenvalue weighted by molar-refractivity contribution is 5.57. The first-order valence-electron chi connectivity index (χ1n) is 4.88. The Labute approximate surface area is 98.8 Å². The monoisotopic (exact) mass is 234 g/mol. The Morgan fingerprint density at radius 2 is 1.71 bits per heavy atom. The predicted octanol–water partition coefficient (Wildman–Crippen LogP) is 1.09. The molecular weight excluding hydrogens is 222 g/mol. The third-order valence-corrected chi connectivity index (χ3v) is 2.27. The molecule has 0 unspecified atom stereocenters. The van der Waals surface area contributed by atoms with Crippen molar-refractivity contribution in [2.45, 2.75) is 0 Å². The SMILES string of the molecule is COc1cc(-n2[c]ncn2)cc(OC)c1OC. The molecule has 6 heteroatoms. The molecule has 0 fully saturated rings. The molecule has 2 rings (SSSR count). The highest BCUT2D eigenvalue weighted by atomic mass is 16.5. The molecule has 6 nitrogen and oxygen atoms in total. The minimum absolute atomic E-state index is 0.541. The van der Waals surface area contributed by atoms with Gasteiger partial charge in [-0.3, -0.25) is 0 Å². The van der Waals surface area contributed by atoms with Gasteiger partial charge < -0.3 is 14.2 Å². The zero-order valence-corrected chi connectivity index (χ0v) is 9.80. The maximum Gasteiger partial charge on any atom is 0.203 e. The van der Waals surface area contributed by atoms with Crippen LogP contribution >= 0.6 is 0 Å². The number of hydrogen-bond donors (Lipinski definition) is 0. The van der Waals surface area contributed by atoms with Crippen LogP contribution in [-0.4, -0.2) is 36.1 Å². The maximum absolute atomic E-state index is 5.24. The molecule has 1 radical (unpaired) electrons. The molecule has 89 valence electrons. The van der Waals surface area contributed by atoms with Crippen molar-refractivity contribution in [1.29, 1.82) is 0 Å². The lowest BCUT2D eigenvalue weighted by atomic mass is 10.2. The minimum atomic E-state index is 0.541. The molecule has 2 aromatic rings. The molecule has 17 heavy (non-hydrogen) atoms. The first-order valence-corrected chi connectivity index (χ1v) is 4.88. The van der Waals surface area contributed by atoms with Gasteiger partial charge in [-0.2, -0.15) is 5.10 Å². The first kappa shape index (κ1) is 11.3. The van der Waals surface area contributed by atoms with E-state index in [0.29, 0.717) is 17.2 Å². The minimum Gasteiger partial charge on any atom is -0.493 e. The van der Waals surface area contributed by atoms with Crippen molar-refractivity contribution in [3.63, 3.8) is 0 Å². The van der Waals surface area contributed by atoms with Gasteiger partial charge in [-0.25, -0.2) is 9.67 Å². The van der Waals surface area contributed by atoms with Gasteiger partial charge in [0.2, 0.25) is 12.1 Å². The summed E-state index contributed by atoms with van der Waals surface area (Å²) < 4.78 is 17.2. The molecule has 0 saturated carbocycles. The fourth-order valence-electron chi connectivity index (χ4n) is 1.50. The van der Waals surface area contributed by atoms with Crippen LogP contribution < -0.4 is 14.2 Å². The number of benzene rings is 1. The molecule has 0 aliphatic carbocycles. The van der Waals surface area contributed by atoms with Gasteiger partial charge >= 0.3 is 0 Å². The normalized spacial score (nSPS) is 10.1. The molecule has 0 aliphatic heterocycles. The summed E-state index contributed by atoms with van der Waals surface area (Å²) in [4.78, 5) is 3.77. The van der Waals surface area contributed by atoms with Crippen LogP contribution in [0, 0.1) is 6.33 Å². The van der Waals surface area contributed by atoms with Crippen LogP contribution in [-0.2, 0) is 0 Å². The van der Waals surface area contributed by atoms with Crippen LogP contribution in [0.4, 0.5) is 0 Å². The highest BCUT2D eigenvalue weighted by Crippen LogP contribution is 2.38. The molecule has 0 aliphatic rings. The third kappa shape index (κ3) is 2.01. The summed E-state index contributed by atoms with van der Waals surface area (Å²) in [5.74, 6) is 1.66. The summed E-state index contributed by atoms with van der Waals surface area (Å²) in [7, 11) is 4.68. The van der Waals surface area contributed by atoms with Gasteiger partial charge in [0.1, 0.15) is 6.33 Å². The molecule has 0 spiro atoms. The molecule has 1 aromatic carbocycles. The summed E-state index contributed by atoms with van der Waals surface area (Å²) >= 11 is 0. The average Bonchev–Trinajstić information content (AvgIpc) is 2.90. The smallest absolute Gasteiger partial charge is 0.203 e. The van der Waals surface area contributed by atoms with Gasteiger partial charge in [0.25, 0.3) is 0 Å². The largest absolute Gasteiger partial charge is 0.493 e. The zero-order chi connectivity index (χ0) is 12.3. The number of nitrogens with zero attached hydrogens (tertiary/aromatic N) is 3. The molecule has 0 bridgehead atoms. The van der Waals surface area contributed by atoms with E-state index in [1.807, 2.05) is 0 Å². The fraction of sp³-hybridized carbons (Fsp3) is 0.273. The molecule has 1 aromatic heterocycles. The number of ether oxygens (including phenoxy) is 3. The van der Waals surface area contributed by atoms with Crippen LogP contribution in [0.3, 0.4) is 0 Å². The zero-order valence-electron chi connectivity index (χ0n) is 9.80. The van der Waals surface area contributed by atoms with Crippen LogP contribution in [0.25, 0.3) is 5.69 Å². The lowest BCUT2D eigenvalue weighted by molar-refractivity contribution is 0.324. The maximum atomic E-state index is 5.24. The van der Waals surface area contributed by atoms with Gasteiger partial charge in [0.05, 0.1) is 27.0 Å². The lowest BCUT2D eigenvalue weighted by Crippen LogP contribution is -2.00. The standard InChI is InChI=1S/C11H12N3O3/c1-15-9-4-8(14-7-12-6-13-14)5-10(16-2)11(9)17-3/h4-6H,1-3H3. The Balaban J connectivity index is 2.56. The number of hydrogen-bond acceptors (Lipinski definition) is 5. The summed E-state index contributed by atoms with van der Waals surface area (Å²) in [6.45, 7) is 0. The summed E-state index contributed by atoms with van der Waals surface area (Å²) in [6, 6.07) is 3.54. The van der Waals surface area contributed by atoms with Crippen molar-refractivity contribution in [2.24, 2.45) is 0 Å². The molecule has 0 amide bonds. The quantitative estimate of drug-likeness (QED) is 0.792. The van der Waals surface area contributed by atoms with Crippen molar-refractivity contribution in [2.75, 3.05) is 21.3 Å². The fourth-order valence-corrected chi connectivity index (χ4v) is 1.50. The average molecular weight is 234 g/mol. The van der Waals surface area contributed by atoms with E-state index in [0.717, 1.165) is 5.69 Å². The van der Waals surface area contributed by atoms with Crippen molar-refractivity contribution < 1.29 is 14.2 Å². The van der Waals surface area contributed by atoms with E-state index >= 15 is 0 Å². The van der Waals surface area contributed by atoms with Crippen molar-refractivity contribution in [3.05, 3.63) is 24.8 Å². The molecule has 0 atom stereocenters. The van der Waals surface area contributed by atoms with E-state index in [4.69, 9.17) is 14.2 Å². The Kier molecular flexibility index (Phi) is 3.13. The number of methoxy groups -OCH3 is 3. The van der Waals surface area contributed by atoms with Crippen LogP contribution in [0.2, 0.25) is 0 Å². The lowest BCUT2D eigenvalue weighted by Gasteiger charge is -2.13. The van der Waals surface area contributed by atoms with E-state index in [2.05, 4.69) is 16.4 Å². The summed E-state index contributed by atoms with van der Waals surface area (Å²) in [6.07, 6.45) is 4.10. The summed E-state index contributed by atoms with van der Waals surface area (Å²) in [5, 5.41) is 3.99. The summed E-state index contributed by atoms with van der Waals surface area (Å²) in [5.41, 5.74) is 0.733. The van der Waals surface area contributed by atoms with Crippen LogP contribution in [0.5, 0.6) is 17.2 Å².